The molecule has 0 saturated heterocycles. The summed E-state index contributed by atoms with van der Waals surface area (Å²) in [5.74, 6) is 0.379. The zero-order chi connectivity index (χ0) is 18.0. The van der Waals surface area contributed by atoms with Crippen LogP contribution in [0, 0.1) is 0 Å². The number of aryl methyl sites for hydroxylation is 2. The van der Waals surface area contributed by atoms with Crippen LogP contribution in [0.3, 0.4) is 0 Å². The molecule has 1 aliphatic carbocycles. The van der Waals surface area contributed by atoms with Gasteiger partial charge in [0.05, 0.1) is 0 Å². The Labute approximate surface area is 157 Å². The molecule has 0 spiro atoms. The molecule has 5 aromatic rings. The van der Waals surface area contributed by atoms with Gasteiger partial charge in [0.2, 0.25) is 0 Å². The Morgan fingerprint density at radius 1 is 0.593 bits per heavy atom. The highest BCUT2D eigenvalue weighted by atomic mass is 16.3. The second-order valence-corrected chi connectivity index (χ2v) is 7.50. The van der Waals surface area contributed by atoms with Gasteiger partial charge in [-0.15, -0.1) is 0 Å². The third kappa shape index (κ3) is 2.06. The van der Waals surface area contributed by atoms with Crippen molar-refractivity contribution in [3.8, 4) is 16.9 Å². The number of rotatable bonds is 1. The van der Waals surface area contributed by atoms with Crippen LogP contribution in [0.15, 0.2) is 78.9 Å². The van der Waals surface area contributed by atoms with Gasteiger partial charge < -0.3 is 5.11 Å². The van der Waals surface area contributed by atoms with E-state index in [1.807, 2.05) is 18.2 Å². The Kier molecular flexibility index (Phi) is 2.93. The van der Waals surface area contributed by atoms with Crippen LogP contribution in [0.2, 0.25) is 0 Å². The summed E-state index contributed by atoms with van der Waals surface area (Å²) in [7, 11) is 0. The molecule has 6 rings (SSSR count). The summed E-state index contributed by atoms with van der Waals surface area (Å²) in [6.45, 7) is 0. The summed E-state index contributed by atoms with van der Waals surface area (Å²) in [6, 6.07) is 27.7. The number of fused-ring (bicyclic) bond motifs is 2. The van der Waals surface area contributed by atoms with Crippen molar-refractivity contribution in [3.63, 3.8) is 0 Å². The van der Waals surface area contributed by atoms with Crippen LogP contribution in [0.5, 0.6) is 5.75 Å². The largest absolute Gasteiger partial charge is 0.507 e. The quantitative estimate of drug-likeness (QED) is 0.338. The molecule has 128 valence electrons. The van der Waals surface area contributed by atoms with Crippen LogP contribution >= 0.6 is 0 Å². The Hall–Kier alpha value is -3.32. The van der Waals surface area contributed by atoms with Gasteiger partial charge in [0, 0.05) is 10.8 Å². The molecule has 0 bridgehead atoms. The van der Waals surface area contributed by atoms with Crippen LogP contribution in [-0.2, 0) is 12.8 Å². The second-order valence-electron chi connectivity index (χ2n) is 7.50. The Bertz CT molecular complexity index is 1380. The van der Waals surface area contributed by atoms with Crippen LogP contribution in [0.1, 0.15) is 11.1 Å². The molecule has 0 aromatic heterocycles. The fourth-order valence-electron chi connectivity index (χ4n) is 4.77. The average Bonchev–Trinajstić information content (AvgIpc) is 3.12. The van der Waals surface area contributed by atoms with Crippen LogP contribution in [0.25, 0.3) is 43.4 Å². The van der Waals surface area contributed by atoms with Gasteiger partial charge in [0.25, 0.3) is 0 Å². The SMILES string of the molecule is Oc1c2ccccc2cc2cccc(-c3cc4c5c(cccc5c3)CC4)c12. The predicted molar refractivity (Wildman–Crippen MR) is 113 cm³/mol. The van der Waals surface area contributed by atoms with Crippen molar-refractivity contribution in [1.82, 2.24) is 0 Å². The molecular weight excluding hydrogens is 328 g/mol. The third-order valence-electron chi connectivity index (χ3n) is 5.98. The average molecular weight is 346 g/mol. The van der Waals surface area contributed by atoms with Crippen LogP contribution < -0.4 is 0 Å². The molecule has 0 heterocycles. The van der Waals surface area contributed by atoms with Gasteiger partial charge in [-0.05, 0) is 68.8 Å². The lowest BCUT2D eigenvalue weighted by Crippen LogP contribution is -1.87. The van der Waals surface area contributed by atoms with Gasteiger partial charge in [-0.2, -0.15) is 0 Å². The van der Waals surface area contributed by atoms with E-state index in [0.717, 1.165) is 39.9 Å². The van der Waals surface area contributed by atoms with Crippen molar-refractivity contribution in [1.29, 1.82) is 0 Å². The summed E-state index contributed by atoms with van der Waals surface area (Å²) >= 11 is 0. The van der Waals surface area contributed by atoms with E-state index in [9.17, 15) is 5.11 Å². The highest BCUT2D eigenvalue weighted by Crippen LogP contribution is 2.42. The number of phenols is 1. The first kappa shape index (κ1) is 14.8. The predicted octanol–water partition coefficient (Wildman–Crippen LogP) is 6.62. The Morgan fingerprint density at radius 2 is 1.33 bits per heavy atom. The van der Waals surface area contributed by atoms with Crippen molar-refractivity contribution in [3.05, 3.63) is 90.0 Å². The van der Waals surface area contributed by atoms with Gasteiger partial charge in [0.1, 0.15) is 5.75 Å². The van der Waals surface area contributed by atoms with Crippen molar-refractivity contribution in [2.24, 2.45) is 0 Å². The number of phenolic OH excluding ortho intramolecular Hbond substituents is 1. The Morgan fingerprint density at radius 3 is 2.26 bits per heavy atom. The minimum Gasteiger partial charge on any atom is -0.507 e. The fourth-order valence-corrected chi connectivity index (χ4v) is 4.77. The van der Waals surface area contributed by atoms with E-state index in [0.29, 0.717) is 5.75 Å². The molecule has 5 aromatic carbocycles. The van der Waals surface area contributed by atoms with Crippen molar-refractivity contribution < 1.29 is 5.11 Å². The molecule has 0 atom stereocenters. The molecule has 0 amide bonds. The lowest BCUT2D eigenvalue weighted by atomic mass is 9.92. The van der Waals surface area contributed by atoms with E-state index < -0.39 is 0 Å². The van der Waals surface area contributed by atoms with E-state index in [-0.39, 0.29) is 0 Å². The van der Waals surface area contributed by atoms with Crippen molar-refractivity contribution in [2.45, 2.75) is 12.8 Å². The lowest BCUT2D eigenvalue weighted by molar-refractivity contribution is 0.488. The van der Waals surface area contributed by atoms with Gasteiger partial charge in [0.15, 0.2) is 0 Å². The zero-order valence-electron chi connectivity index (χ0n) is 14.9. The first-order valence-electron chi connectivity index (χ1n) is 9.48. The Balaban J connectivity index is 1.71. The number of benzene rings is 5. The molecule has 27 heavy (non-hydrogen) atoms. The summed E-state index contributed by atoms with van der Waals surface area (Å²) in [5, 5.41) is 17.8. The van der Waals surface area contributed by atoms with E-state index in [1.165, 1.54) is 27.5 Å². The molecule has 0 aliphatic heterocycles. The molecule has 1 aliphatic rings. The van der Waals surface area contributed by atoms with Crippen molar-refractivity contribution >= 4 is 32.3 Å². The minimum absolute atomic E-state index is 0.379. The van der Waals surface area contributed by atoms with Gasteiger partial charge in [-0.25, -0.2) is 0 Å². The normalized spacial score (nSPS) is 13.0. The molecule has 0 saturated carbocycles. The van der Waals surface area contributed by atoms with Crippen molar-refractivity contribution in [2.75, 3.05) is 0 Å². The first-order valence-corrected chi connectivity index (χ1v) is 9.48. The standard InChI is InChI=1S/C26H18O/c27-26-23-9-2-1-5-17(23)13-19-8-4-10-22(25(19)26)21-14-18-7-3-6-16-11-12-20(15-21)24(16)18/h1-10,13-15,27H,11-12H2. The highest BCUT2D eigenvalue weighted by Gasteiger charge is 2.17. The minimum atomic E-state index is 0.379. The van der Waals surface area contributed by atoms with Gasteiger partial charge in [-0.1, -0.05) is 66.7 Å². The molecule has 1 heteroatoms. The zero-order valence-corrected chi connectivity index (χ0v) is 14.9. The molecule has 0 fully saturated rings. The summed E-state index contributed by atoms with van der Waals surface area (Å²) in [5.41, 5.74) is 5.18. The van der Waals surface area contributed by atoms with Crippen LogP contribution in [0.4, 0.5) is 0 Å². The maximum Gasteiger partial charge on any atom is 0.131 e. The molecule has 0 radical (unpaired) electrons. The second kappa shape index (κ2) is 5.34. The molecular formula is C26H18O. The monoisotopic (exact) mass is 346 g/mol. The van der Waals surface area contributed by atoms with E-state index >= 15 is 0 Å². The molecule has 0 unspecified atom stereocenters. The maximum atomic E-state index is 11.1. The fraction of sp³-hybridized carbons (Fsp3) is 0.0769. The van der Waals surface area contributed by atoms with E-state index in [4.69, 9.17) is 0 Å². The van der Waals surface area contributed by atoms with Gasteiger partial charge in [-0.3, -0.25) is 0 Å². The maximum absolute atomic E-state index is 11.1. The molecule has 1 N–H and O–H groups in total. The van der Waals surface area contributed by atoms with E-state index in [2.05, 4.69) is 60.7 Å². The highest BCUT2D eigenvalue weighted by molar-refractivity contribution is 6.11. The summed E-state index contributed by atoms with van der Waals surface area (Å²) in [4.78, 5) is 0. The third-order valence-corrected chi connectivity index (χ3v) is 5.98. The lowest BCUT2D eigenvalue weighted by Gasteiger charge is -2.13. The number of hydrogen-bond donors (Lipinski definition) is 1. The van der Waals surface area contributed by atoms with E-state index in [1.54, 1.807) is 0 Å². The molecule has 1 nitrogen and oxygen atoms in total. The van der Waals surface area contributed by atoms with Gasteiger partial charge >= 0.3 is 0 Å². The summed E-state index contributed by atoms with van der Waals surface area (Å²) in [6.07, 6.45) is 2.23. The first-order chi connectivity index (χ1) is 13.3. The number of hydrogen-bond acceptors (Lipinski definition) is 1. The smallest absolute Gasteiger partial charge is 0.131 e. The topological polar surface area (TPSA) is 20.2 Å². The summed E-state index contributed by atoms with van der Waals surface area (Å²) < 4.78 is 0. The van der Waals surface area contributed by atoms with Crippen LogP contribution in [-0.4, -0.2) is 5.11 Å². The number of aromatic hydroxyl groups is 1.